The van der Waals surface area contributed by atoms with Crippen LogP contribution in [0.1, 0.15) is 19.3 Å². The third kappa shape index (κ3) is 4.68. The first kappa shape index (κ1) is 17.2. The maximum atomic E-state index is 13.5. The van der Waals surface area contributed by atoms with Gasteiger partial charge in [0.05, 0.1) is 0 Å². The number of aliphatic hydroxyl groups excluding tert-OH is 1. The van der Waals surface area contributed by atoms with Crippen molar-refractivity contribution < 1.29 is 19.0 Å². The zero-order chi connectivity index (χ0) is 16.9. The lowest BCUT2D eigenvalue weighted by molar-refractivity contribution is -0.132. The monoisotopic (exact) mass is 336 g/mol. The van der Waals surface area contributed by atoms with Crippen molar-refractivity contribution in [2.24, 2.45) is 5.92 Å². The minimum atomic E-state index is -0.685. The average Bonchev–Trinajstić information content (AvgIpc) is 3.41. The minimum absolute atomic E-state index is 0.0577. The zero-order valence-electron chi connectivity index (χ0n) is 13.9. The van der Waals surface area contributed by atoms with Gasteiger partial charge in [0.2, 0.25) is 5.91 Å². The number of benzene rings is 1. The summed E-state index contributed by atoms with van der Waals surface area (Å²) in [6, 6.07) is 6.19. The molecule has 1 aliphatic carbocycles. The van der Waals surface area contributed by atoms with E-state index in [1.54, 1.807) is 18.2 Å². The third-order valence-electron chi connectivity index (χ3n) is 4.56. The number of aliphatic hydroxyl groups is 1. The largest absolute Gasteiger partial charge is 0.488 e. The highest BCUT2D eigenvalue weighted by Crippen LogP contribution is 2.31. The van der Waals surface area contributed by atoms with E-state index >= 15 is 0 Å². The Bertz CT molecular complexity index is 565. The van der Waals surface area contributed by atoms with Gasteiger partial charge in [0.15, 0.2) is 11.6 Å². The summed E-state index contributed by atoms with van der Waals surface area (Å²) in [7, 11) is 0. The second-order valence-corrected chi connectivity index (χ2v) is 6.65. The van der Waals surface area contributed by atoms with Crippen molar-refractivity contribution in [3.05, 3.63) is 30.1 Å². The molecule has 1 aliphatic heterocycles. The molecule has 1 amide bonds. The molecule has 1 N–H and O–H groups in total. The second-order valence-electron chi connectivity index (χ2n) is 6.65. The molecule has 1 atom stereocenters. The van der Waals surface area contributed by atoms with Crippen molar-refractivity contribution in [3.8, 4) is 5.75 Å². The van der Waals surface area contributed by atoms with E-state index < -0.39 is 11.9 Å². The van der Waals surface area contributed by atoms with Crippen LogP contribution in [0.3, 0.4) is 0 Å². The maximum Gasteiger partial charge on any atom is 0.225 e. The van der Waals surface area contributed by atoms with Gasteiger partial charge in [-0.15, -0.1) is 0 Å². The molecule has 1 aromatic carbocycles. The minimum Gasteiger partial charge on any atom is -0.488 e. The standard InChI is InChI=1S/C18H25FN2O3/c19-16-4-1-2-5-17(16)24-13-15(22)12-20-8-3-9-21(11-10-20)18(23)14-6-7-14/h1-2,4-5,14-15,22H,3,6-13H2. The summed E-state index contributed by atoms with van der Waals surface area (Å²) >= 11 is 0. The smallest absolute Gasteiger partial charge is 0.225 e. The number of rotatable bonds is 6. The van der Waals surface area contributed by atoms with Gasteiger partial charge in [-0.2, -0.15) is 0 Å². The molecule has 1 heterocycles. The molecule has 1 aromatic rings. The summed E-state index contributed by atoms with van der Waals surface area (Å²) in [4.78, 5) is 16.2. The maximum absolute atomic E-state index is 13.5. The fourth-order valence-electron chi connectivity index (χ4n) is 3.06. The van der Waals surface area contributed by atoms with Crippen LogP contribution in [0.25, 0.3) is 0 Å². The van der Waals surface area contributed by atoms with Gasteiger partial charge in [0.1, 0.15) is 12.7 Å². The number of halogens is 1. The van der Waals surface area contributed by atoms with Crippen LogP contribution in [-0.2, 0) is 4.79 Å². The Hall–Kier alpha value is -1.66. The number of amides is 1. The molecule has 0 spiro atoms. The number of carbonyl (C=O) groups is 1. The number of hydrogen-bond donors (Lipinski definition) is 1. The predicted molar refractivity (Wildman–Crippen MR) is 88.3 cm³/mol. The van der Waals surface area contributed by atoms with Crippen molar-refractivity contribution in [2.45, 2.75) is 25.4 Å². The van der Waals surface area contributed by atoms with Gasteiger partial charge in [0, 0.05) is 32.1 Å². The highest BCUT2D eigenvalue weighted by molar-refractivity contribution is 5.81. The van der Waals surface area contributed by atoms with E-state index in [-0.39, 0.29) is 18.3 Å². The molecule has 2 aliphatic rings. The molecule has 6 heteroatoms. The lowest BCUT2D eigenvalue weighted by Crippen LogP contribution is -2.39. The second kappa shape index (κ2) is 7.94. The molecular weight excluding hydrogens is 311 g/mol. The van der Waals surface area contributed by atoms with E-state index in [4.69, 9.17) is 4.74 Å². The first-order chi connectivity index (χ1) is 11.6. The third-order valence-corrected chi connectivity index (χ3v) is 4.56. The quantitative estimate of drug-likeness (QED) is 0.856. The van der Waals surface area contributed by atoms with Gasteiger partial charge in [-0.1, -0.05) is 12.1 Å². The van der Waals surface area contributed by atoms with E-state index in [2.05, 4.69) is 4.90 Å². The number of carbonyl (C=O) groups excluding carboxylic acids is 1. The Morgan fingerprint density at radius 1 is 1.25 bits per heavy atom. The van der Waals surface area contributed by atoms with E-state index in [1.807, 2.05) is 4.90 Å². The fraction of sp³-hybridized carbons (Fsp3) is 0.611. The highest BCUT2D eigenvalue weighted by atomic mass is 19.1. The lowest BCUT2D eigenvalue weighted by atomic mass is 10.3. The van der Waals surface area contributed by atoms with Crippen LogP contribution < -0.4 is 4.74 Å². The molecule has 2 fully saturated rings. The summed E-state index contributed by atoms with van der Waals surface area (Å²) in [5.74, 6) is 0.291. The van der Waals surface area contributed by atoms with Crippen LogP contribution in [0.4, 0.5) is 4.39 Å². The Kier molecular flexibility index (Phi) is 5.68. The van der Waals surface area contributed by atoms with Crippen molar-refractivity contribution in [1.82, 2.24) is 9.80 Å². The summed E-state index contributed by atoms with van der Waals surface area (Å²) < 4.78 is 18.8. The Balaban J connectivity index is 1.42. The Morgan fingerprint density at radius 2 is 2.04 bits per heavy atom. The van der Waals surface area contributed by atoms with Crippen molar-refractivity contribution in [3.63, 3.8) is 0 Å². The topological polar surface area (TPSA) is 53.0 Å². The predicted octanol–water partition coefficient (Wildman–Crippen LogP) is 1.51. The molecule has 0 aromatic heterocycles. The fourth-order valence-corrected chi connectivity index (χ4v) is 3.06. The Morgan fingerprint density at radius 3 is 2.79 bits per heavy atom. The molecule has 24 heavy (non-hydrogen) atoms. The number of nitrogens with zero attached hydrogens (tertiary/aromatic N) is 2. The van der Waals surface area contributed by atoms with Crippen molar-refractivity contribution >= 4 is 5.91 Å². The summed E-state index contributed by atoms with van der Waals surface area (Å²) in [5.41, 5.74) is 0. The van der Waals surface area contributed by atoms with Crippen LogP contribution >= 0.6 is 0 Å². The van der Waals surface area contributed by atoms with Crippen molar-refractivity contribution in [2.75, 3.05) is 39.3 Å². The number of ether oxygens (including phenoxy) is 1. The molecule has 0 radical (unpaired) electrons. The lowest BCUT2D eigenvalue weighted by Gasteiger charge is -2.24. The van der Waals surface area contributed by atoms with Crippen molar-refractivity contribution in [1.29, 1.82) is 0 Å². The summed E-state index contributed by atoms with van der Waals surface area (Å²) in [6.07, 6.45) is 2.30. The molecule has 0 bridgehead atoms. The molecule has 1 saturated carbocycles. The molecule has 1 saturated heterocycles. The molecule has 3 rings (SSSR count). The summed E-state index contributed by atoms with van der Waals surface area (Å²) in [6.45, 7) is 3.66. The Labute approximate surface area is 142 Å². The van der Waals surface area contributed by atoms with Crippen LogP contribution in [0.15, 0.2) is 24.3 Å². The number of para-hydroxylation sites is 1. The normalized spacial score (nSPS) is 20.5. The van der Waals surface area contributed by atoms with Crippen LogP contribution in [0.2, 0.25) is 0 Å². The van der Waals surface area contributed by atoms with Crippen LogP contribution in [0.5, 0.6) is 5.75 Å². The molecular formula is C18H25FN2O3. The highest BCUT2D eigenvalue weighted by Gasteiger charge is 2.34. The SMILES string of the molecule is O=C(C1CC1)N1CCCN(CC(O)COc2ccccc2F)CC1. The summed E-state index contributed by atoms with van der Waals surface area (Å²) in [5, 5.41) is 10.1. The van der Waals surface area contributed by atoms with Gasteiger partial charge in [-0.3, -0.25) is 9.69 Å². The first-order valence-electron chi connectivity index (χ1n) is 8.70. The van der Waals surface area contributed by atoms with Gasteiger partial charge in [-0.25, -0.2) is 4.39 Å². The van der Waals surface area contributed by atoms with E-state index in [1.165, 1.54) is 6.07 Å². The van der Waals surface area contributed by atoms with E-state index in [9.17, 15) is 14.3 Å². The average molecular weight is 336 g/mol. The van der Waals surface area contributed by atoms with Crippen LogP contribution in [0, 0.1) is 11.7 Å². The van der Waals surface area contributed by atoms with Gasteiger partial charge >= 0.3 is 0 Å². The molecule has 1 unspecified atom stereocenters. The van der Waals surface area contributed by atoms with E-state index in [0.29, 0.717) is 12.5 Å². The van der Waals surface area contributed by atoms with Crippen LogP contribution in [-0.4, -0.2) is 66.2 Å². The van der Waals surface area contributed by atoms with Gasteiger partial charge in [-0.05, 0) is 37.9 Å². The zero-order valence-corrected chi connectivity index (χ0v) is 13.9. The van der Waals surface area contributed by atoms with Gasteiger partial charge in [0.25, 0.3) is 0 Å². The molecule has 5 nitrogen and oxygen atoms in total. The number of β-amino-alcohol motifs (C(OH)–C–C–N with tert-alkyl or cyclic N) is 1. The number of hydrogen-bond acceptors (Lipinski definition) is 4. The van der Waals surface area contributed by atoms with E-state index in [0.717, 1.165) is 45.4 Å². The molecule has 132 valence electrons. The van der Waals surface area contributed by atoms with Gasteiger partial charge < -0.3 is 14.7 Å². The first-order valence-corrected chi connectivity index (χ1v) is 8.70.